The second kappa shape index (κ2) is 12.3. The molecule has 0 amide bonds. The van der Waals surface area contributed by atoms with Gasteiger partial charge in [-0.1, -0.05) is 24.3 Å². The van der Waals surface area contributed by atoms with Crippen LogP contribution in [0.2, 0.25) is 0 Å². The van der Waals surface area contributed by atoms with Crippen LogP contribution in [0.4, 0.5) is 17.7 Å². The molecule has 0 aliphatic carbocycles. The van der Waals surface area contributed by atoms with E-state index in [9.17, 15) is 0 Å². The van der Waals surface area contributed by atoms with Crippen molar-refractivity contribution < 1.29 is 4.74 Å². The highest BCUT2D eigenvalue weighted by molar-refractivity contribution is 5.35. The van der Waals surface area contributed by atoms with Gasteiger partial charge in [0.05, 0.1) is 6.61 Å². The minimum Gasteiger partial charge on any atom is -0.384 e. The van der Waals surface area contributed by atoms with Gasteiger partial charge in [0.2, 0.25) is 11.9 Å². The molecule has 0 saturated heterocycles. The van der Waals surface area contributed by atoms with Gasteiger partial charge in [0.25, 0.3) is 0 Å². The number of rotatable bonds is 8. The predicted octanol–water partition coefficient (Wildman–Crippen LogP) is 2.61. The molecule has 3 aromatic rings. The van der Waals surface area contributed by atoms with Crippen LogP contribution in [0.5, 0.6) is 0 Å². The lowest BCUT2D eigenvalue weighted by Gasteiger charge is -2.11. The maximum atomic E-state index is 5.79. The van der Waals surface area contributed by atoms with Gasteiger partial charge >= 0.3 is 0 Å². The minimum atomic E-state index is 0.0782. The molecule has 2 atom stereocenters. The maximum absolute atomic E-state index is 5.79. The molecule has 0 bridgehead atoms. The van der Waals surface area contributed by atoms with Gasteiger partial charge in [-0.3, -0.25) is 0 Å². The van der Waals surface area contributed by atoms with Crippen molar-refractivity contribution in [2.24, 2.45) is 5.73 Å². The largest absolute Gasteiger partial charge is 0.384 e. The number of nitrogens with two attached hydrogens (primary N) is 2. The summed E-state index contributed by atoms with van der Waals surface area (Å²) in [7, 11) is 1.65. The molecule has 2 aromatic heterocycles. The highest BCUT2D eigenvalue weighted by Crippen LogP contribution is 2.11. The van der Waals surface area contributed by atoms with Crippen LogP contribution >= 0.6 is 0 Å². The molecule has 0 aliphatic rings. The molecule has 2 heterocycles. The SMILES string of the molecule is CC(N)c1ccc(CNc2ncccn2)cc1.COCC(C)Nc1nccc(N)n1. The van der Waals surface area contributed by atoms with E-state index < -0.39 is 0 Å². The zero-order valence-electron chi connectivity index (χ0n) is 17.6. The number of benzene rings is 1. The zero-order valence-corrected chi connectivity index (χ0v) is 17.6. The second-order valence-electron chi connectivity index (χ2n) is 6.76. The highest BCUT2D eigenvalue weighted by Gasteiger charge is 2.03. The predicted molar refractivity (Wildman–Crippen MR) is 120 cm³/mol. The van der Waals surface area contributed by atoms with E-state index in [-0.39, 0.29) is 12.1 Å². The quantitative estimate of drug-likeness (QED) is 0.441. The van der Waals surface area contributed by atoms with Crippen molar-refractivity contribution in [1.29, 1.82) is 0 Å². The van der Waals surface area contributed by atoms with E-state index in [4.69, 9.17) is 16.2 Å². The Labute approximate surface area is 177 Å². The van der Waals surface area contributed by atoms with Crippen LogP contribution in [0.25, 0.3) is 0 Å². The first kappa shape index (κ1) is 23.0. The van der Waals surface area contributed by atoms with Crippen LogP contribution in [-0.2, 0) is 11.3 Å². The fourth-order valence-electron chi connectivity index (χ4n) is 2.46. The monoisotopic (exact) mass is 410 g/mol. The normalized spacial score (nSPS) is 12.3. The third-order valence-corrected chi connectivity index (χ3v) is 3.99. The zero-order chi connectivity index (χ0) is 21.8. The van der Waals surface area contributed by atoms with Crippen LogP contribution in [0.3, 0.4) is 0 Å². The van der Waals surface area contributed by atoms with Crippen molar-refractivity contribution in [2.45, 2.75) is 32.5 Å². The molecule has 9 nitrogen and oxygen atoms in total. The lowest BCUT2D eigenvalue weighted by atomic mass is 10.1. The van der Waals surface area contributed by atoms with Gasteiger partial charge in [0.15, 0.2) is 0 Å². The Kier molecular flexibility index (Phi) is 9.43. The fourth-order valence-corrected chi connectivity index (χ4v) is 2.46. The molecular formula is C21H30N8O. The van der Waals surface area contributed by atoms with Crippen LogP contribution in [-0.4, -0.2) is 39.7 Å². The summed E-state index contributed by atoms with van der Waals surface area (Å²) in [6.07, 6.45) is 5.05. The summed E-state index contributed by atoms with van der Waals surface area (Å²) < 4.78 is 4.96. The molecule has 6 N–H and O–H groups in total. The van der Waals surface area contributed by atoms with Crippen LogP contribution in [0.1, 0.15) is 31.0 Å². The fraction of sp³-hybridized carbons (Fsp3) is 0.333. The Balaban J connectivity index is 0.000000222. The molecule has 1 aromatic carbocycles. The minimum absolute atomic E-state index is 0.0782. The van der Waals surface area contributed by atoms with Gasteiger partial charge in [0.1, 0.15) is 5.82 Å². The molecule has 2 unspecified atom stereocenters. The van der Waals surface area contributed by atoms with Gasteiger partial charge in [-0.25, -0.2) is 15.0 Å². The Morgan fingerprint density at radius 1 is 0.967 bits per heavy atom. The number of anilines is 3. The molecule has 0 fully saturated rings. The Morgan fingerprint density at radius 3 is 2.23 bits per heavy atom. The summed E-state index contributed by atoms with van der Waals surface area (Å²) in [5.74, 6) is 1.63. The standard InChI is InChI=1S/C13H16N4.C8H14N4O/c1-10(14)12-5-3-11(4-6-12)9-17-13-15-7-2-8-16-13;1-6(5-13-2)11-8-10-4-3-7(9)12-8/h2-8,10H,9,14H2,1H3,(H,15,16,17);3-4,6H,5H2,1-2H3,(H3,9,10,11,12). The molecule has 0 spiro atoms. The molecule has 0 aliphatic heterocycles. The van der Waals surface area contributed by atoms with Gasteiger partial charge < -0.3 is 26.8 Å². The van der Waals surface area contributed by atoms with E-state index in [1.165, 1.54) is 5.56 Å². The number of nitrogens with one attached hydrogen (secondary N) is 2. The summed E-state index contributed by atoms with van der Waals surface area (Å²) in [4.78, 5) is 16.2. The molecule has 0 radical (unpaired) electrons. The number of aromatic nitrogens is 4. The Hall–Kier alpha value is -3.30. The van der Waals surface area contributed by atoms with Crippen molar-refractivity contribution in [2.75, 3.05) is 30.1 Å². The highest BCUT2D eigenvalue weighted by atomic mass is 16.5. The average Bonchev–Trinajstić information content (AvgIpc) is 2.74. The van der Waals surface area contributed by atoms with Crippen LogP contribution in [0.15, 0.2) is 55.0 Å². The summed E-state index contributed by atoms with van der Waals surface area (Å²) in [5, 5.41) is 6.21. The molecule has 0 saturated carbocycles. The summed E-state index contributed by atoms with van der Waals surface area (Å²) >= 11 is 0. The summed E-state index contributed by atoms with van der Waals surface area (Å²) in [6, 6.07) is 11.9. The smallest absolute Gasteiger partial charge is 0.224 e. The van der Waals surface area contributed by atoms with E-state index in [0.29, 0.717) is 30.9 Å². The van der Waals surface area contributed by atoms with E-state index >= 15 is 0 Å². The van der Waals surface area contributed by atoms with Gasteiger partial charge in [-0.05, 0) is 37.1 Å². The van der Waals surface area contributed by atoms with Crippen LogP contribution in [0, 0.1) is 0 Å². The first-order valence-electron chi connectivity index (χ1n) is 9.67. The van der Waals surface area contributed by atoms with Crippen molar-refractivity contribution in [1.82, 2.24) is 19.9 Å². The first-order chi connectivity index (χ1) is 14.5. The number of hydrogen-bond acceptors (Lipinski definition) is 9. The number of hydrogen-bond donors (Lipinski definition) is 4. The number of ether oxygens (including phenoxy) is 1. The number of methoxy groups -OCH3 is 1. The van der Waals surface area contributed by atoms with E-state index in [1.807, 2.05) is 26.0 Å². The molecule has 3 rings (SSSR count). The molecule has 30 heavy (non-hydrogen) atoms. The van der Waals surface area contributed by atoms with Crippen molar-refractivity contribution in [3.63, 3.8) is 0 Å². The van der Waals surface area contributed by atoms with E-state index in [0.717, 1.165) is 5.56 Å². The van der Waals surface area contributed by atoms with Gasteiger partial charge in [-0.2, -0.15) is 4.98 Å². The van der Waals surface area contributed by atoms with E-state index in [1.54, 1.807) is 37.8 Å². The van der Waals surface area contributed by atoms with Gasteiger partial charge in [-0.15, -0.1) is 0 Å². The first-order valence-corrected chi connectivity index (χ1v) is 9.67. The van der Waals surface area contributed by atoms with E-state index in [2.05, 4.69) is 42.7 Å². The second-order valence-corrected chi connectivity index (χ2v) is 6.76. The van der Waals surface area contributed by atoms with Crippen molar-refractivity contribution >= 4 is 17.7 Å². The van der Waals surface area contributed by atoms with Crippen molar-refractivity contribution in [3.05, 3.63) is 66.1 Å². The van der Waals surface area contributed by atoms with Crippen molar-refractivity contribution in [3.8, 4) is 0 Å². The Morgan fingerprint density at radius 2 is 1.63 bits per heavy atom. The third-order valence-electron chi connectivity index (χ3n) is 3.99. The van der Waals surface area contributed by atoms with Gasteiger partial charge in [0, 0.05) is 44.3 Å². The number of nitrogens with zero attached hydrogens (tertiary/aromatic N) is 4. The summed E-state index contributed by atoms with van der Waals surface area (Å²) in [6.45, 7) is 5.28. The number of nitrogen functional groups attached to an aromatic ring is 1. The lowest BCUT2D eigenvalue weighted by Crippen LogP contribution is -2.22. The molecular weight excluding hydrogens is 380 g/mol. The molecule has 160 valence electrons. The molecule has 9 heteroatoms. The Bertz CT molecular complexity index is 858. The third kappa shape index (κ3) is 8.38. The van der Waals surface area contributed by atoms with Crippen LogP contribution < -0.4 is 22.1 Å². The summed E-state index contributed by atoms with van der Waals surface area (Å²) in [5.41, 5.74) is 13.6. The topological polar surface area (TPSA) is 137 Å². The maximum Gasteiger partial charge on any atom is 0.224 e. The average molecular weight is 411 g/mol. The lowest BCUT2D eigenvalue weighted by molar-refractivity contribution is 0.190.